The van der Waals surface area contributed by atoms with E-state index in [1.807, 2.05) is 18.2 Å². The van der Waals surface area contributed by atoms with E-state index in [4.69, 9.17) is 4.74 Å². The van der Waals surface area contributed by atoms with Crippen LogP contribution in [0.3, 0.4) is 0 Å². The molecule has 2 rings (SSSR count). The number of hydrogen-bond acceptors (Lipinski definition) is 4. The monoisotopic (exact) mass is 319 g/mol. The van der Waals surface area contributed by atoms with Crippen LogP contribution >= 0.6 is 0 Å². The molecule has 5 nitrogen and oxygen atoms in total. The second kappa shape index (κ2) is 9.53. The van der Waals surface area contributed by atoms with E-state index >= 15 is 0 Å². The Kier molecular flexibility index (Phi) is 7.36. The van der Waals surface area contributed by atoms with E-state index in [0.717, 1.165) is 19.4 Å². The number of piperazine rings is 1. The average Bonchev–Trinajstić information content (AvgIpc) is 2.59. The molecule has 0 unspecified atom stereocenters. The zero-order chi connectivity index (χ0) is 16.5. The molecule has 0 spiro atoms. The Balaban J connectivity index is 1.57. The van der Waals surface area contributed by atoms with Crippen LogP contribution in [0.25, 0.3) is 0 Å². The predicted octanol–water partition coefficient (Wildman–Crippen LogP) is 1.84. The lowest BCUT2D eigenvalue weighted by Crippen LogP contribution is -2.44. The number of ether oxygens (including phenoxy) is 1. The molecule has 128 valence electrons. The maximum atomic E-state index is 12.1. The Morgan fingerprint density at radius 1 is 1.13 bits per heavy atom. The number of amides is 1. The lowest BCUT2D eigenvalue weighted by atomic mass is 10.1. The lowest BCUT2D eigenvalue weighted by Gasteiger charge is -2.32. The SMILES string of the molecule is COc1ccccc1C(=O)NCCCCCN1CCN(C)CC1. The molecule has 1 aromatic carbocycles. The molecule has 0 aliphatic carbocycles. The highest BCUT2D eigenvalue weighted by molar-refractivity contribution is 5.96. The molecule has 1 aliphatic heterocycles. The highest BCUT2D eigenvalue weighted by Gasteiger charge is 2.13. The lowest BCUT2D eigenvalue weighted by molar-refractivity contribution is 0.0949. The first kappa shape index (κ1) is 17.8. The summed E-state index contributed by atoms with van der Waals surface area (Å²) < 4.78 is 5.22. The molecule has 23 heavy (non-hydrogen) atoms. The minimum atomic E-state index is -0.0542. The molecule has 1 heterocycles. The minimum absolute atomic E-state index is 0.0542. The molecular weight excluding hydrogens is 290 g/mol. The van der Waals surface area contributed by atoms with Crippen molar-refractivity contribution < 1.29 is 9.53 Å². The van der Waals surface area contributed by atoms with E-state index in [2.05, 4.69) is 22.2 Å². The van der Waals surface area contributed by atoms with E-state index in [9.17, 15) is 4.79 Å². The van der Waals surface area contributed by atoms with Crippen molar-refractivity contribution in [2.45, 2.75) is 19.3 Å². The number of hydrogen-bond donors (Lipinski definition) is 1. The van der Waals surface area contributed by atoms with E-state index in [1.54, 1.807) is 13.2 Å². The third-order valence-corrected chi connectivity index (χ3v) is 4.38. The first-order valence-electron chi connectivity index (χ1n) is 8.53. The Morgan fingerprint density at radius 2 is 1.87 bits per heavy atom. The number of carbonyl (C=O) groups excluding carboxylic acids is 1. The Morgan fingerprint density at radius 3 is 2.61 bits per heavy atom. The van der Waals surface area contributed by atoms with Crippen molar-refractivity contribution in [3.8, 4) is 5.75 Å². The van der Waals surface area contributed by atoms with Crippen LogP contribution in [0.1, 0.15) is 29.6 Å². The van der Waals surface area contributed by atoms with Crippen LogP contribution in [0.5, 0.6) is 5.75 Å². The number of carbonyl (C=O) groups is 1. The van der Waals surface area contributed by atoms with Gasteiger partial charge in [0.25, 0.3) is 5.91 Å². The molecule has 5 heteroatoms. The van der Waals surface area contributed by atoms with Crippen molar-refractivity contribution in [3.63, 3.8) is 0 Å². The van der Waals surface area contributed by atoms with Gasteiger partial charge in [0.2, 0.25) is 0 Å². The molecule has 0 bridgehead atoms. The van der Waals surface area contributed by atoms with Gasteiger partial charge in [0.15, 0.2) is 0 Å². The van der Waals surface area contributed by atoms with Crippen LogP contribution < -0.4 is 10.1 Å². The maximum Gasteiger partial charge on any atom is 0.255 e. The zero-order valence-electron chi connectivity index (χ0n) is 14.4. The van der Waals surface area contributed by atoms with Gasteiger partial charge in [-0.3, -0.25) is 4.79 Å². The summed E-state index contributed by atoms with van der Waals surface area (Å²) in [5, 5.41) is 2.98. The summed E-state index contributed by atoms with van der Waals surface area (Å²) in [6, 6.07) is 7.33. The van der Waals surface area contributed by atoms with Crippen LogP contribution in [0.4, 0.5) is 0 Å². The van der Waals surface area contributed by atoms with Gasteiger partial charge in [-0.05, 0) is 38.6 Å². The van der Waals surface area contributed by atoms with Gasteiger partial charge in [0.05, 0.1) is 12.7 Å². The standard InChI is InChI=1S/C18H29N3O2/c1-20-12-14-21(15-13-20)11-7-3-6-10-19-18(22)16-8-4-5-9-17(16)23-2/h4-5,8-9H,3,6-7,10-15H2,1-2H3,(H,19,22). The fourth-order valence-electron chi connectivity index (χ4n) is 2.84. The van der Waals surface area contributed by atoms with Gasteiger partial charge in [0, 0.05) is 32.7 Å². The Hall–Kier alpha value is -1.59. The van der Waals surface area contributed by atoms with E-state index in [1.165, 1.54) is 39.1 Å². The Bertz CT molecular complexity index is 485. The van der Waals surface area contributed by atoms with Crippen molar-refractivity contribution in [1.82, 2.24) is 15.1 Å². The summed E-state index contributed by atoms with van der Waals surface area (Å²) >= 11 is 0. The van der Waals surface area contributed by atoms with Crippen LogP contribution in [-0.2, 0) is 0 Å². The van der Waals surface area contributed by atoms with Gasteiger partial charge >= 0.3 is 0 Å². The third kappa shape index (κ3) is 5.84. The van der Waals surface area contributed by atoms with Crippen LogP contribution in [0, 0.1) is 0 Å². The molecule has 1 aromatic rings. The summed E-state index contributed by atoms with van der Waals surface area (Å²) in [5.74, 6) is 0.571. The first-order valence-corrected chi connectivity index (χ1v) is 8.53. The van der Waals surface area contributed by atoms with Crippen molar-refractivity contribution in [2.24, 2.45) is 0 Å². The number of para-hydroxylation sites is 1. The quantitative estimate of drug-likeness (QED) is 0.743. The van der Waals surface area contributed by atoms with Gasteiger partial charge in [-0.1, -0.05) is 18.6 Å². The second-order valence-electron chi connectivity index (χ2n) is 6.16. The number of nitrogens with zero attached hydrogens (tertiary/aromatic N) is 2. The molecule has 0 radical (unpaired) electrons. The van der Waals surface area contributed by atoms with Crippen molar-refractivity contribution in [2.75, 3.05) is 53.4 Å². The molecule has 0 atom stereocenters. The number of nitrogens with one attached hydrogen (secondary N) is 1. The third-order valence-electron chi connectivity index (χ3n) is 4.38. The molecule has 1 aliphatic rings. The summed E-state index contributed by atoms with van der Waals surface area (Å²) in [6.45, 7) is 6.61. The van der Waals surface area contributed by atoms with Crippen molar-refractivity contribution in [3.05, 3.63) is 29.8 Å². The largest absolute Gasteiger partial charge is 0.496 e. The van der Waals surface area contributed by atoms with Gasteiger partial charge < -0.3 is 19.9 Å². The van der Waals surface area contributed by atoms with Gasteiger partial charge in [0.1, 0.15) is 5.75 Å². The summed E-state index contributed by atoms with van der Waals surface area (Å²) in [4.78, 5) is 17.0. The van der Waals surface area contributed by atoms with E-state index < -0.39 is 0 Å². The van der Waals surface area contributed by atoms with Gasteiger partial charge in [-0.15, -0.1) is 0 Å². The molecule has 1 saturated heterocycles. The number of unbranched alkanes of at least 4 members (excludes halogenated alkanes) is 2. The molecule has 1 N–H and O–H groups in total. The average molecular weight is 319 g/mol. The number of benzene rings is 1. The second-order valence-corrected chi connectivity index (χ2v) is 6.16. The molecule has 0 aromatic heterocycles. The molecular formula is C18H29N3O2. The predicted molar refractivity (Wildman–Crippen MR) is 93.1 cm³/mol. The summed E-state index contributed by atoms with van der Waals surface area (Å²) in [6.07, 6.45) is 3.38. The van der Waals surface area contributed by atoms with Crippen LogP contribution in [0.2, 0.25) is 0 Å². The van der Waals surface area contributed by atoms with Crippen LogP contribution in [0.15, 0.2) is 24.3 Å². The van der Waals surface area contributed by atoms with Gasteiger partial charge in [-0.2, -0.15) is 0 Å². The number of rotatable bonds is 8. The van der Waals surface area contributed by atoms with Gasteiger partial charge in [-0.25, -0.2) is 0 Å². The van der Waals surface area contributed by atoms with E-state index in [0.29, 0.717) is 11.3 Å². The van der Waals surface area contributed by atoms with Crippen LogP contribution in [-0.4, -0.2) is 69.1 Å². The topological polar surface area (TPSA) is 44.8 Å². The van der Waals surface area contributed by atoms with Crippen molar-refractivity contribution in [1.29, 1.82) is 0 Å². The minimum Gasteiger partial charge on any atom is -0.496 e. The zero-order valence-corrected chi connectivity index (χ0v) is 14.4. The fourth-order valence-corrected chi connectivity index (χ4v) is 2.84. The number of methoxy groups -OCH3 is 1. The summed E-state index contributed by atoms with van der Waals surface area (Å²) in [5.41, 5.74) is 0.604. The highest BCUT2D eigenvalue weighted by Crippen LogP contribution is 2.16. The first-order chi connectivity index (χ1) is 11.2. The highest BCUT2D eigenvalue weighted by atomic mass is 16.5. The van der Waals surface area contributed by atoms with E-state index in [-0.39, 0.29) is 5.91 Å². The smallest absolute Gasteiger partial charge is 0.255 e. The maximum absolute atomic E-state index is 12.1. The summed E-state index contributed by atoms with van der Waals surface area (Å²) in [7, 11) is 3.77. The molecule has 1 fully saturated rings. The Labute approximate surface area is 139 Å². The number of likely N-dealkylation sites (N-methyl/N-ethyl adjacent to an activating group) is 1. The van der Waals surface area contributed by atoms with Crippen molar-refractivity contribution >= 4 is 5.91 Å². The molecule has 1 amide bonds. The molecule has 0 saturated carbocycles. The fraction of sp³-hybridized carbons (Fsp3) is 0.611. The normalized spacial score (nSPS) is 16.3.